The van der Waals surface area contributed by atoms with Crippen LogP contribution in [0.4, 0.5) is 0 Å². The van der Waals surface area contributed by atoms with E-state index in [9.17, 15) is 4.79 Å². The van der Waals surface area contributed by atoms with Gasteiger partial charge in [0.15, 0.2) is 0 Å². The number of halogens is 1. The molecule has 45 heavy (non-hydrogen) atoms. The summed E-state index contributed by atoms with van der Waals surface area (Å²) in [6.45, 7) is 11.3. The minimum absolute atomic E-state index is 0.243. The van der Waals surface area contributed by atoms with E-state index in [4.69, 9.17) is 61.9 Å². The molecule has 0 fully saturated rings. The third-order valence-corrected chi connectivity index (χ3v) is 6.25. The largest absolute Gasteiger partial charge is 0.480 e. The van der Waals surface area contributed by atoms with Crippen LogP contribution in [-0.2, 0) is 61.6 Å². The first kappa shape index (κ1) is 44.7. The topological polar surface area (TPSA) is 148 Å². The van der Waals surface area contributed by atoms with Gasteiger partial charge in [0.25, 0.3) is 0 Å². The molecule has 0 amide bonds. The van der Waals surface area contributed by atoms with Gasteiger partial charge in [-0.25, -0.2) is 4.79 Å². The molecule has 0 rings (SSSR count). The molecule has 0 heterocycles. The summed E-state index contributed by atoms with van der Waals surface area (Å²) in [5.74, 6) is -0.994. The molecule has 0 atom stereocenters. The Balaban J connectivity index is 3.04. The summed E-state index contributed by atoms with van der Waals surface area (Å²) in [5, 5.41) is 8.42. The number of rotatable bonds is 41. The standard InChI is InChI=1S/C30H59IO14/c31-5-3-1-2-4-6-34-7-8-35-9-10-36-11-12-37-13-14-38-15-16-39-17-18-40-19-20-41-21-22-42-23-24-43-25-26-44-27-28-45-29-30(32)33/h1-29H2,(H,32,33). The molecule has 270 valence electrons. The second kappa shape index (κ2) is 41.7. The third-order valence-electron chi connectivity index (χ3n) is 5.49. The lowest BCUT2D eigenvalue weighted by atomic mass is 10.2. The third kappa shape index (κ3) is 43.7. The number of hydrogen-bond acceptors (Lipinski definition) is 13. The van der Waals surface area contributed by atoms with Crippen LogP contribution in [-0.4, -0.2) is 174 Å². The second-order valence-corrected chi connectivity index (χ2v) is 10.4. The maximum atomic E-state index is 10.3. The molecule has 0 saturated heterocycles. The number of unbranched alkanes of at least 4 members (excludes halogenated alkanes) is 3. The van der Waals surface area contributed by atoms with Crippen LogP contribution in [0.2, 0.25) is 0 Å². The number of alkyl halides is 1. The maximum Gasteiger partial charge on any atom is 0.329 e. The first-order chi connectivity index (χ1) is 22.3. The molecule has 0 aliphatic rings. The molecular weight excluding hydrogens is 711 g/mol. The van der Waals surface area contributed by atoms with E-state index in [-0.39, 0.29) is 13.2 Å². The molecule has 0 aromatic heterocycles. The molecule has 1 N–H and O–H groups in total. The Labute approximate surface area is 283 Å². The Kier molecular flexibility index (Phi) is 41.5. The van der Waals surface area contributed by atoms with Crippen LogP contribution in [0.1, 0.15) is 25.7 Å². The molecule has 0 unspecified atom stereocenters. The average Bonchev–Trinajstić information content (AvgIpc) is 3.03. The van der Waals surface area contributed by atoms with Crippen LogP contribution in [0, 0.1) is 0 Å². The van der Waals surface area contributed by atoms with Gasteiger partial charge in [-0.15, -0.1) is 0 Å². The molecule has 0 aliphatic carbocycles. The highest BCUT2D eigenvalue weighted by atomic mass is 127. The number of carbonyl (C=O) groups is 1. The Bertz CT molecular complexity index is 565. The first-order valence-corrected chi connectivity index (χ1v) is 17.5. The summed E-state index contributed by atoms with van der Waals surface area (Å²) >= 11 is 2.42. The molecule has 0 spiro atoms. The highest BCUT2D eigenvalue weighted by Crippen LogP contribution is 2.02. The minimum atomic E-state index is -0.994. The fraction of sp³-hybridized carbons (Fsp3) is 0.967. The Morgan fingerprint density at radius 2 is 0.556 bits per heavy atom. The molecule has 15 heteroatoms. The van der Waals surface area contributed by atoms with Crippen LogP contribution in [0.15, 0.2) is 0 Å². The van der Waals surface area contributed by atoms with Gasteiger partial charge in [0, 0.05) is 6.61 Å². The average molecular weight is 771 g/mol. The van der Waals surface area contributed by atoms with Gasteiger partial charge in [0.05, 0.1) is 145 Å². The molecule has 0 aliphatic heterocycles. The summed E-state index contributed by atoms with van der Waals surface area (Å²) in [4.78, 5) is 10.3. The fourth-order valence-corrected chi connectivity index (χ4v) is 3.77. The van der Waals surface area contributed by atoms with Crippen molar-refractivity contribution in [2.24, 2.45) is 0 Å². The lowest BCUT2D eigenvalue weighted by molar-refractivity contribution is -0.142. The van der Waals surface area contributed by atoms with Gasteiger partial charge in [0.1, 0.15) is 6.61 Å². The maximum absolute atomic E-state index is 10.3. The van der Waals surface area contributed by atoms with Crippen molar-refractivity contribution >= 4 is 28.6 Å². The number of carboxylic acids is 1. The minimum Gasteiger partial charge on any atom is -0.480 e. The number of aliphatic carboxylic acids is 1. The van der Waals surface area contributed by atoms with Crippen molar-refractivity contribution in [1.82, 2.24) is 0 Å². The predicted octanol–water partition coefficient (Wildman–Crippen LogP) is 2.27. The zero-order chi connectivity index (χ0) is 32.6. The summed E-state index contributed by atoms with van der Waals surface area (Å²) in [6.07, 6.45) is 4.96. The van der Waals surface area contributed by atoms with Crippen molar-refractivity contribution in [3.05, 3.63) is 0 Å². The van der Waals surface area contributed by atoms with Gasteiger partial charge in [-0.05, 0) is 17.3 Å². The van der Waals surface area contributed by atoms with Gasteiger partial charge in [-0.3, -0.25) is 0 Å². The van der Waals surface area contributed by atoms with Crippen LogP contribution >= 0.6 is 22.6 Å². The molecule has 0 saturated carbocycles. The van der Waals surface area contributed by atoms with Crippen LogP contribution < -0.4 is 0 Å². The van der Waals surface area contributed by atoms with E-state index in [0.29, 0.717) is 139 Å². The molecule has 0 aromatic carbocycles. The van der Waals surface area contributed by atoms with Crippen molar-refractivity contribution < 1.29 is 66.7 Å². The van der Waals surface area contributed by atoms with Crippen molar-refractivity contribution in [1.29, 1.82) is 0 Å². The molecule has 14 nitrogen and oxygen atoms in total. The first-order valence-electron chi connectivity index (χ1n) is 16.0. The Morgan fingerprint density at radius 3 is 0.800 bits per heavy atom. The van der Waals surface area contributed by atoms with E-state index in [1.807, 2.05) is 0 Å². The number of ether oxygens (including phenoxy) is 12. The Hall–Kier alpha value is -0.280. The van der Waals surface area contributed by atoms with Crippen LogP contribution in [0.5, 0.6) is 0 Å². The van der Waals surface area contributed by atoms with Gasteiger partial charge in [0.2, 0.25) is 0 Å². The molecule has 0 bridgehead atoms. The van der Waals surface area contributed by atoms with Crippen molar-refractivity contribution in [2.75, 3.05) is 163 Å². The SMILES string of the molecule is O=C(O)COCCOCCOCCOCCOCCOCCOCCOCCOCCOCCOCCOCCCCCCI. The lowest BCUT2D eigenvalue weighted by Crippen LogP contribution is -2.15. The van der Waals surface area contributed by atoms with E-state index in [1.165, 1.54) is 23.7 Å². The zero-order valence-corrected chi connectivity index (χ0v) is 29.3. The zero-order valence-electron chi connectivity index (χ0n) is 27.1. The van der Waals surface area contributed by atoms with Crippen molar-refractivity contribution in [3.8, 4) is 0 Å². The van der Waals surface area contributed by atoms with Gasteiger partial charge in [-0.2, -0.15) is 0 Å². The second-order valence-electron chi connectivity index (χ2n) is 9.29. The van der Waals surface area contributed by atoms with Crippen LogP contribution in [0.3, 0.4) is 0 Å². The summed E-state index contributed by atoms with van der Waals surface area (Å²) in [5.41, 5.74) is 0. The monoisotopic (exact) mass is 770 g/mol. The van der Waals surface area contributed by atoms with E-state index in [0.717, 1.165) is 13.0 Å². The highest BCUT2D eigenvalue weighted by Gasteiger charge is 1.98. The quantitative estimate of drug-likeness (QED) is 0.0551. The normalized spacial score (nSPS) is 11.5. The van der Waals surface area contributed by atoms with Crippen molar-refractivity contribution in [2.45, 2.75) is 25.7 Å². The van der Waals surface area contributed by atoms with E-state index >= 15 is 0 Å². The van der Waals surface area contributed by atoms with Crippen LogP contribution in [0.25, 0.3) is 0 Å². The van der Waals surface area contributed by atoms with E-state index in [2.05, 4.69) is 22.6 Å². The van der Waals surface area contributed by atoms with Gasteiger partial charge >= 0.3 is 5.97 Å². The fourth-order valence-electron chi connectivity index (χ4n) is 3.23. The molecular formula is C30H59IO14. The summed E-state index contributed by atoms with van der Waals surface area (Å²) in [6, 6.07) is 0. The smallest absolute Gasteiger partial charge is 0.329 e. The Morgan fingerprint density at radius 1 is 0.333 bits per heavy atom. The number of carboxylic acid groups (broad SMARTS) is 1. The highest BCUT2D eigenvalue weighted by molar-refractivity contribution is 14.1. The van der Waals surface area contributed by atoms with E-state index in [1.54, 1.807) is 0 Å². The van der Waals surface area contributed by atoms with Crippen molar-refractivity contribution in [3.63, 3.8) is 0 Å². The molecule has 0 aromatic rings. The summed E-state index contributed by atoms with van der Waals surface area (Å²) in [7, 11) is 0. The number of hydrogen-bond donors (Lipinski definition) is 1. The predicted molar refractivity (Wildman–Crippen MR) is 175 cm³/mol. The lowest BCUT2D eigenvalue weighted by Gasteiger charge is -2.09. The van der Waals surface area contributed by atoms with Gasteiger partial charge < -0.3 is 61.9 Å². The van der Waals surface area contributed by atoms with E-state index < -0.39 is 5.97 Å². The summed E-state index contributed by atoms with van der Waals surface area (Å²) < 4.78 is 66.0. The van der Waals surface area contributed by atoms with Gasteiger partial charge in [-0.1, -0.05) is 35.4 Å². The molecule has 0 radical (unpaired) electrons.